The average Bonchev–Trinajstić information content (AvgIpc) is 2.56. The fourth-order valence-electron chi connectivity index (χ4n) is 2.04. The first kappa shape index (κ1) is 22.3. The van der Waals surface area contributed by atoms with Crippen LogP contribution in [-0.4, -0.2) is 40.5 Å². The summed E-state index contributed by atoms with van der Waals surface area (Å²) in [5, 5.41) is 3.48. The van der Waals surface area contributed by atoms with Crippen molar-refractivity contribution in [2.75, 3.05) is 18.5 Å². The number of hydrogen-bond acceptors (Lipinski definition) is 4. The minimum atomic E-state index is -0.492. The molecule has 3 nitrogen and oxygen atoms in total. The topological polar surface area (TPSA) is 46.2 Å². The van der Waals surface area contributed by atoms with E-state index in [1.165, 1.54) is 12.8 Å². The molecule has 1 amide bonds. The zero-order chi connectivity index (χ0) is 19.3. The molecule has 6 heteroatoms. The molecule has 0 fully saturated rings. The van der Waals surface area contributed by atoms with Gasteiger partial charge in [0.05, 0.1) is 0 Å². The highest BCUT2D eigenvalue weighted by molar-refractivity contribution is 8.77. The molecule has 0 heterocycles. The molecule has 0 aliphatic heterocycles. The van der Waals surface area contributed by atoms with Gasteiger partial charge < -0.3 is 10.1 Å². The first-order chi connectivity index (χ1) is 11.6. The Bertz CT molecular complexity index is 405. The molecule has 0 rings (SSSR count). The number of amides is 1. The second kappa shape index (κ2) is 13.5. The average molecular weight is 395 g/mol. The Kier molecular flexibility index (Phi) is 12.5. The maximum atomic E-state index is 11.9. The summed E-state index contributed by atoms with van der Waals surface area (Å²) >= 11 is 0. The summed E-state index contributed by atoms with van der Waals surface area (Å²) in [6, 6.07) is 0. The molecule has 0 aliphatic rings. The zero-order valence-corrected chi connectivity index (χ0v) is 18.6. The minimum absolute atomic E-state index is 0.00420. The van der Waals surface area contributed by atoms with Crippen LogP contribution in [0.15, 0.2) is 0 Å². The SMILES string of the molecule is [2H]C(=O)CCC(C)(C)SSCCCC(=O)NCCPC(C)(CC)CC. The van der Waals surface area contributed by atoms with Gasteiger partial charge in [-0.15, -0.1) is 8.58 Å². The van der Waals surface area contributed by atoms with Crippen molar-refractivity contribution in [2.24, 2.45) is 0 Å². The predicted molar refractivity (Wildman–Crippen MR) is 114 cm³/mol. The highest BCUT2D eigenvalue weighted by Gasteiger charge is 2.19. The minimum Gasteiger partial charge on any atom is -0.356 e. The van der Waals surface area contributed by atoms with Gasteiger partial charge in [0.1, 0.15) is 7.63 Å². The lowest BCUT2D eigenvalue weighted by Gasteiger charge is -2.26. The number of nitrogens with one attached hydrogen (secondary N) is 1. The van der Waals surface area contributed by atoms with Crippen molar-refractivity contribution in [1.82, 2.24) is 5.32 Å². The van der Waals surface area contributed by atoms with E-state index in [9.17, 15) is 9.59 Å². The Morgan fingerprint density at radius 1 is 1.29 bits per heavy atom. The quantitative estimate of drug-likeness (QED) is 0.178. The van der Waals surface area contributed by atoms with Crippen LogP contribution in [0.2, 0.25) is 0 Å². The van der Waals surface area contributed by atoms with E-state index < -0.39 is 6.26 Å². The van der Waals surface area contributed by atoms with Crippen molar-refractivity contribution in [1.29, 1.82) is 0 Å². The van der Waals surface area contributed by atoms with Crippen LogP contribution in [0.5, 0.6) is 0 Å². The van der Waals surface area contributed by atoms with Gasteiger partial charge in [0.2, 0.25) is 5.91 Å². The van der Waals surface area contributed by atoms with Gasteiger partial charge in [0.15, 0.2) is 0 Å². The molecule has 24 heavy (non-hydrogen) atoms. The second-order valence-corrected chi connectivity index (χ2v) is 12.1. The normalized spacial score (nSPS) is 13.3. The van der Waals surface area contributed by atoms with Gasteiger partial charge in [-0.25, -0.2) is 0 Å². The molecule has 1 unspecified atom stereocenters. The lowest BCUT2D eigenvalue weighted by molar-refractivity contribution is -0.121. The third-order valence-corrected chi connectivity index (χ3v) is 9.80. The van der Waals surface area contributed by atoms with Gasteiger partial charge in [-0.3, -0.25) is 4.79 Å². The zero-order valence-electron chi connectivity index (χ0n) is 17.0. The van der Waals surface area contributed by atoms with Crippen LogP contribution in [0.3, 0.4) is 0 Å². The van der Waals surface area contributed by atoms with Gasteiger partial charge >= 0.3 is 0 Å². The Balaban J connectivity index is 3.69. The maximum Gasteiger partial charge on any atom is 0.220 e. The number of rotatable bonds is 15. The van der Waals surface area contributed by atoms with Crippen molar-refractivity contribution in [3.05, 3.63) is 0 Å². The lowest BCUT2D eigenvalue weighted by atomic mass is 10.1. The predicted octanol–water partition coefficient (Wildman–Crippen LogP) is 5.28. The first-order valence-electron chi connectivity index (χ1n) is 9.46. The number of aldehydes is 1. The fourth-order valence-corrected chi connectivity index (χ4v) is 6.06. The van der Waals surface area contributed by atoms with Crippen LogP contribution in [0.4, 0.5) is 0 Å². The molecule has 142 valence electrons. The number of carbonyl (C=O) groups excluding carboxylic acids is 2. The molecule has 1 N–H and O–H groups in total. The molecule has 0 saturated heterocycles. The number of hydrogen-bond donors (Lipinski definition) is 1. The van der Waals surface area contributed by atoms with Crippen molar-refractivity contribution in [2.45, 2.75) is 83.0 Å². The van der Waals surface area contributed by atoms with Crippen LogP contribution in [0.1, 0.15) is 74.5 Å². The smallest absolute Gasteiger partial charge is 0.220 e. The van der Waals surface area contributed by atoms with Crippen LogP contribution in [-0.2, 0) is 9.59 Å². The number of carbonyl (C=O) groups is 2. The Morgan fingerprint density at radius 3 is 2.54 bits per heavy atom. The van der Waals surface area contributed by atoms with Crippen molar-refractivity contribution in [3.8, 4) is 0 Å². The van der Waals surface area contributed by atoms with Gasteiger partial charge in [-0.2, -0.15) is 0 Å². The van der Waals surface area contributed by atoms with E-state index in [2.05, 4.69) is 39.9 Å². The Morgan fingerprint density at radius 2 is 1.96 bits per heavy atom. The standard InChI is InChI=1S/C18H36NO2PS2/c1-6-18(5,7-2)22-14-12-19-16(21)10-8-15-23-24-17(3,4)11-9-13-20/h13,22H,6-12,14-15H2,1-5H3,(H,19,21)/i13D. The summed E-state index contributed by atoms with van der Waals surface area (Å²) < 4.78 is 6.97. The second-order valence-electron chi connectivity index (χ2n) is 6.96. The van der Waals surface area contributed by atoms with Crippen molar-refractivity contribution < 1.29 is 11.0 Å². The summed E-state index contributed by atoms with van der Waals surface area (Å²) in [7, 11) is 4.42. The molecule has 0 aromatic rings. The summed E-state index contributed by atoms with van der Waals surface area (Å²) in [4.78, 5) is 22.6. The van der Waals surface area contributed by atoms with E-state index in [-0.39, 0.29) is 10.7 Å². The molecule has 0 radical (unpaired) electrons. The van der Waals surface area contributed by atoms with E-state index in [4.69, 9.17) is 1.37 Å². The third kappa shape index (κ3) is 12.6. The molecule has 0 aromatic heterocycles. The van der Waals surface area contributed by atoms with Crippen molar-refractivity contribution in [3.63, 3.8) is 0 Å². The van der Waals surface area contributed by atoms with Gasteiger partial charge in [-0.05, 0) is 50.8 Å². The highest BCUT2D eigenvalue weighted by atomic mass is 33.1. The summed E-state index contributed by atoms with van der Waals surface area (Å²) in [5.41, 5.74) is 0. The van der Waals surface area contributed by atoms with Gasteiger partial charge in [0, 0.05) is 29.9 Å². The van der Waals surface area contributed by atoms with Gasteiger partial charge in [0.25, 0.3) is 0 Å². The Hall–Kier alpha value is 0.270. The maximum absolute atomic E-state index is 11.9. The summed E-state index contributed by atoms with van der Waals surface area (Å²) in [5.74, 6) is 1.09. The van der Waals surface area contributed by atoms with E-state index in [1.54, 1.807) is 21.6 Å². The van der Waals surface area contributed by atoms with E-state index in [0.29, 0.717) is 18.0 Å². The van der Waals surface area contributed by atoms with Crippen LogP contribution in [0, 0.1) is 0 Å². The van der Waals surface area contributed by atoms with Gasteiger partial charge in [-0.1, -0.05) is 42.4 Å². The van der Waals surface area contributed by atoms with Crippen molar-refractivity contribution >= 4 is 42.3 Å². The van der Waals surface area contributed by atoms with Crippen LogP contribution in [0.25, 0.3) is 0 Å². The molecular weight excluding hydrogens is 357 g/mol. The highest BCUT2D eigenvalue weighted by Crippen LogP contribution is 2.39. The lowest BCUT2D eigenvalue weighted by Crippen LogP contribution is -2.27. The van der Waals surface area contributed by atoms with E-state index in [0.717, 1.165) is 39.9 Å². The monoisotopic (exact) mass is 394 g/mol. The van der Waals surface area contributed by atoms with Crippen LogP contribution >= 0.6 is 30.2 Å². The molecule has 0 spiro atoms. The molecule has 0 bridgehead atoms. The first-order valence-corrected chi connectivity index (χ1v) is 12.5. The Labute approximate surface area is 160 Å². The fraction of sp³-hybridized carbons (Fsp3) is 0.889. The van der Waals surface area contributed by atoms with Crippen LogP contribution < -0.4 is 5.32 Å². The molecule has 0 aromatic carbocycles. The third-order valence-electron chi connectivity index (χ3n) is 4.30. The molecule has 0 aliphatic carbocycles. The summed E-state index contributed by atoms with van der Waals surface area (Å²) in [6.07, 6.45) is 5.50. The molecule has 0 saturated carbocycles. The van der Waals surface area contributed by atoms with E-state index >= 15 is 0 Å². The van der Waals surface area contributed by atoms with E-state index in [1.807, 2.05) is 0 Å². The molecule has 1 atom stereocenters. The largest absolute Gasteiger partial charge is 0.356 e. The summed E-state index contributed by atoms with van der Waals surface area (Å²) in [6.45, 7) is 11.8. The molecular formula is C18H36NO2PS2.